The number of nitrogens with two attached hydrogens (primary N) is 1. The van der Waals surface area contributed by atoms with Crippen molar-refractivity contribution < 1.29 is 14.7 Å². The molecule has 0 aromatic heterocycles. The molecular formula is C13H23N3O3. The summed E-state index contributed by atoms with van der Waals surface area (Å²) in [4.78, 5) is 22.9. The standard InChI is InChI=1S/C13H23N3O3/c1-9(2)8-11(17)13(19)16-10(12(15)18)6-4-3-5-7-14/h9-11,17H,3-6,8H2,1-2H3,(H2,15,18)(H,16,19)/t10-,11+/m1/s1. The van der Waals surface area contributed by atoms with Gasteiger partial charge < -0.3 is 16.2 Å². The maximum atomic E-state index is 11.7. The fraction of sp³-hybridized carbons (Fsp3) is 0.769. The SMILES string of the molecule is CC(C)C[C@H](O)C(=O)N[C@H](CCCCC#N)C(N)=O. The van der Waals surface area contributed by atoms with Crippen molar-refractivity contribution in [1.29, 1.82) is 5.26 Å². The molecule has 2 amide bonds. The van der Waals surface area contributed by atoms with E-state index in [4.69, 9.17) is 11.0 Å². The highest BCUT2D eigenvalue weighted by Gasteiger charge is 2.22. The maximum absolute atomic E-state index is 11.7. The Morgan fingerprint density at radius 2 is 2.00 bits per heavy atom. The van der Waals surface area contributed by atoms with E-state index >= 15 is 0 Å². The molecule has 0 aliphatic carbocycles. The average Bonchev–Trinajstić information content (AvgIpc) is 2.31. The van der Waals surface area contributed by atoms with Crippen LogP contribution in [-0.2, 0) is 9.59 Å². The maximum Gasteiger partial charge on any atom is 0.249 e. The Morgan fingerprint density at radius 3 is 2.47 bits per heavy atom. The number of amides is 2. The molecular weight excluding hydrogens is 246 g/mol. The van der Waals surface area contributed by atoms with E-state index in [1.807, 2.05) is 19.9 Å². The van der Waals surface area contributed by atoms with Gasteiger partial charge in [0.2, 0.25) is 11.8 Å². The molecule has 0 aliphatic rings. The number of carbonyl (C=O) groups excluding carboxylic acids is 2. The van der Waals surface area contributed by atoms with Crippen LogP contribution in [0.25, 0.3) is 0 Å². The Labute approximate surface area is 114 Å². The van der Waals surface area contributed by atoms with E-state index < -0.39 is 24.0 Å². The fourth-order valence-corrected chi connectivity index (χ4v) is 1.66. The van der Waals surface area contributed by atoms with Crippen LogP contribution in [-0.4, -0.2) is 29.1 Å². The first-order valence-corrected chi connectivity index (χ1v) is 6.53. The lowest BCUT2D eigenvalue weighted by Gasteiger charge is -2.18. The molecule has 0 aliphatic heterocycles. The summed E-state index contributed by atoms with van der Waals surface area (Å²) in [5.74, 6) is -1.01. The third-order valence-corrected chi connectivity index (χ3v) is 2.69. The normalized spacial score (nSPS) is 13.6. The lowest BCUT2D eigenvalue weighted by atomic mass is 10.0. The second-order valence-electron chi connectivity index (χ2n) is 5.01. The van der Waals surface area contributed by atoms with Crippen LogP contribution < -0.4 is 11.1 Å². The summed E-state index contributed by atoms with van der Waals surface area (Å²) in [6.07, 6.45) is 1.30. The highest BCUT2D eigenvalue weighted by Crippen LogP contribution is 2.07. The number of nitriles is 1. The lowest BCUT2D eigenvalue weighted by Crippen LogP contribution is -2.48. The highest BCUT2D eigenvalue weighted by atomic mass is 16.3. The van der Waals surface area contributed by atoms with Gasteiger partial charge in [-0.15, -0.1) is 0 Å². The summed E-state index contributed by atoms with van der Waals surface area (Å²) in [5, 5.41) is 20.5. The van der Waals surface area contributed by atoms with Gasteiger partial charge in [-0.1, -0.05) is 13.8 Å². The zero-order chi connectivity index (χ0) is 14.8. The number of carbonyl (C=O) groups is 2. The topological polar surface area (TPSA) is 116 Å². The van der Waals surface area contributed by atoms with Crippen LogP contribution in [0, 0.1) is 17.2 Å². The van der Waals surface area contributed by atoms with Gasteiger partial charge in [0, 0.05) is 6.42 Å². The first-order chi connectivity index (χ1) is 8.88. The molecule has 6 heteroatoms. The average molecular weight is 269 g/mol. The molecule has 0 bridgehead atoms. The molecule has 0 radical (unpaired) electrons. The van der Waals surface area contributed by atoms with Crippen molar-refractivity contribution >= 4 is 11.8 Å². The van der Waals surface area contributed by atoms with E-state index in [-0.39, 0.29) is 5.92 Å². The molecule has 0 saturated heterocycles. The van der Waals surface area contributed by atoms with Crippen molar-refractivity contribution in [2.45, 2.75) is 58.1 Å². The number of aliphatic hydroxyl groups is 1. The summed E-state index contributed by atoms with van der Waals surface area (Å²) < 4.78 is 0. The third kappa shape index (κ3) is 8.16. The van der Waals surface area contributed by atoms with Crippen molar-refractivity contribution in [3.8, 4) is 6.07 Å². The molecule has 2 atom stereocenters. The summed E-state index contributed by atoms with van der Waals surface area (Å²) in [6, 6.07) is 1.22. The van der Waals surface area contributed by atoms with E-state index in [0.717, 1.165) is 0 Å². The molecule has 0 rings (SSSR count). The number of rotatable bonds is 9. The van der Waals surface area contributed by atoms with Gasteiger partial charge in [-0.2, -0.15) is 5.26 Å². The van der Waals surface area contributed by atoms with Gasteiger partial charge in [0.15, 0.2) is 0 Å². The van der Waals surface area contributed by atoms with Gasteiger partial charge >= 0.3 is 0 Å². The molecule has 108 valence electrons. The van der Waals surface area contributed by atoms with Gasteiger partial charge in [0.25, 0.3) is 0 Å². The monoisotopic (exact) mass is 269 g/mol. The van der Waals surface area contributed by atoms with E-state index in [9.17, 15) is 14.7 Å². The second kappa shape index (κ2) is 9.34. The molecule has 0 spiro atoms. The van der Waals surface area contributed by atoms with Crippen molar-refractivity contribution in [2.75, 3.05) is 0 Å². The summed E-state index contributed by atoms with van der Waals surface area (Å²) in [6.45, 7) is 3.79. The molecule has 6 nitrogen and oxygen atoms in total. The van der Waals surface area contributed by atoms with Gasteiger partial charge in [0.05, 0.1) is 6.07 Å². The lowest BCUT2D eigenvalue weighted by molar-refractivity contribution is -0.133. The largest absolute Gasteiger partial charge is 0.383 e. The van der Waals surface area contributed by atoms with Crippen LogP contribution >= 0.6 is 0 Å². The Balaban J connectivity index is 4.23. The van der Waals surface area contributed by atoms with Crippen LogP contribution in [0.15, 0.2) is 0 Å². The minimum Gasteiger partial charge on any atom is -0.383 e. The van der Waals surface area contributed by atoms with Gasteiger partial charge in [-0.05, 0) is 31.6 Å². The molecule has 0 saturated carbocycles. The minimum atomic E-state index is -1.12. The van der Waals surface area contributed by atoms with Gasteiger partial charge in [-0.25, -0.2) is 0 Å². The summed E-state index contributed by atoms with van der Waals surface area (Å²) >= 11 is 0. The number of primary amides is 1. The zero-order valence-corrected chi connectivity index (χ0v) is 11.6. The van der Waals surface area contributed by atoms with Crippen molar-refractivity contribution in [1.82, 2.24) is 5.32 Å². The first-order valence-electron chi connectivity index (χ1n) is 6.53. The first kappa shape index (κ1) is 17.4. The quantitative estimate of drug-likeness (QED) is 0.527. The molecule has 0 aromatic carbocycles. The predicted octanol–water partition coefficient (Wildman–Crippen LogP) is 0.447. The molecule has 0 heterocycles. The smallest absolute Gasteiger partial charge is 0.249 e. The summed E-state index contributed by atoms with van der Waals surface area (Å²) in [7, 11) is 0. The number of hydrogen-bond acceptors (Lipinski definition) is 4. The minimum absolute atomic E-state index is 0.184. The van der Waals surface area contributed by atoms with Crippen LogP contribution in [0.1, 0.15) is 46.0 Å². The van der Waals surface area contributed by atoms with E-state index in [1.54, 1.807) is 0 Å². The highest BCUT2D eigenvalue weighted by molar-refractivity contribution is 5.88. The number of hydrogen-bond donors (Lipinski definition) is 3. The van der Waals surface area contributed by atoms with Crippen LogP contribution in [0.3, 0.4) is 0 Å². The van der Waals surface area contributed by atoms with E-state index in [1.165, 1.54) is 0 Å². The van der Waals surface area contributed by atoms with E-state index in [2.05, 4.69) is 5.32 Å². The molecule has 19 heavy (non-hydrogen) atoms. The summed E-state index contributed by atoms with van der Waals surface area (Å²) in [5.41, 5.74) is 5.20. The Kier molecular flexibility index (Phi) is 8.55. The van der Waals surface area contributed by atoms with Gasteiger partial charge in [0.1, 0.15) is 12.1 Å². The van der Waals surface area contributed by atoms with Crippen LogP contribution in [0.2, 0.25) is 0 Å². The van der Waals surface area contributed by atoms with Gasteiger partial charge in [-0.3, -0.25) is 9.59 Å². The molecule has 0 aromatic rings. The van der Waals surface area contributed by atoms with E-state index in [0.29, 0.717) is 32.1 Å². The Hall–Kier alpha value is -1.61. The number of aliphatic hydroxyl groups excluding tert-OH is 1. The van der Waals surface area contributed by atoms with Crippen molar-refractivity contribution in [3.05, 3.63) is 0 Å². The fourth-order valence-electron chi connectivity index (χ4n) is 1.66. The Morgan fingerprint density at radius 1 is 1.37 bits per heavy atom. The Bertz CT molecular complexity index is 337. The number of nitrogens with zero attached hydrogens (tertiary/aromatic N) is 1. The molecule has 4 N–H and O–H groups in total. The third-order valence-electron chi connectivity index (χ3n) is 2.69. The van der Waals surface area contributed by atoms with Crippen molar-refractivity contribution in [3.63, 3.8) is 0 Å². The molecule has 0 unspecified atom stereocenters. The van der Waals surface area contributed by atoms with Crippen LogP contribution in [0.4, 0.5) is 0 Å². The second-order valence-corrected chi connectivity index (χ2v) is 5.01. The zero-order valence-electron chi connectivity index (χ0n) is 11.6. The molecule has 0 fully saturated rings. The number of nitrogens with one attached hydrogen (secondary N) is 1. The van der Waals surface area contributed by atoms with Crippen molar-refractivity contribution in [2.24, 2.45) is 11.7 Å². The van der Waals surface area contributed by atoms with Crippen LogP contribution in [0.5, 0.6) is 0 Å². The predicted molar refractivity (Wildman–Crippen MR) is 70.7 cm³/mol. The number of unbranched alkanes of at least 4 members (excludes halogenated alkanes) is 2.